The number of nitrogens with one attached hydrogen (secondary N) is 2. The van der Waals surface area contributed by atoms with Gasteiger partial charge >= 0.3 is 6.03 Å². The van der Waals surface area contributed by atoms with Crippen LogP contribution in [0.4, 0.5) is 4.79 Å². The Bertz CT molecular complexity index is 406. The number of amides is 2. The van der Waals surface area contributed by atoms with Gasteiger partial charge < -0.3 is 15.7 Å². The number of carbonyl (C=O) groups is 1. The quantitative estimate of drug-likeness (QED) is 0.721. The van der Waals surface area contributed by atoms with Gasteiger partial charge in [0.05, 0.1) is 6.54 Å². The SMILES string of the molecule is CCc1ccc(CNC(=O)NC(C)(CC)CCO)s1. The number of urea groups is 1. The van der Waals surface area contributed by atoms with Crippen molar-refractivity contribution in [2.75, 3.05) is 6.61 Å². The van der Waals surface area contributed by atoms with Gasteiger partial charge in [-0.2, -0.15) is 0 Å². The summed E-state index contributed by atoms with van der Waals surface area (Å²) in [6.07, 6.45) is 2.39. The van der Waals surface area contributed by atoms with Crippen molar-refractivity contribution in [1.82, 2.24) is 10.6 Å². The van der Waals surface area contributed by atoms with Crippen molar-refractivity contribution in [3.63, 3.8) is 0 Å². The maximum absolute atomic E-state index is 11.8. The molecule has 0 aliphatic rings. The van der Waals surface area contributed by atoms with E-state index in [2.05, 4.69) is 29.7 Å². The van der Waals surface area contributed by atoms with E-state index in [1.54, 1.807) is 11.3 Å². The average Bonchev–Trinajstić information content (AvgIpc) is 2.84. The third-order valence-corrected chi connectivity index (χ3v) is 4.58. The fourth-order valence-corrected chi connectivity index (χ4v) is 2.67. The Morgan fingerprint density at radius 3 is 2.58 bits per heavy atom. The molecule has 5 heteroatoms. The minimum Gasteiger partial charge on any atom is -0.396 e. The normalized spacial score (nSPS) is 13.9. The number of hydrogen-bond acceptors (Lipinski definition) is 3. The number of rotatable bonds is 7. The number of carbonyl (C=O) groups excluding carboxylic acids is 1. The van der Waals surface area contributed by atoms with Crippen LogP contribution in [0.25, 0.3) is 0 Å². The molecule has 108 valence electrons. The van der Waals surface area contributed by atoms with Gasteiger partial charge in [-0.3, -0.25) is 0 Å². The van der Waals surface area contributed by atoms with E-state index < -0.39 is 0 Å². The number of thiophene rings is 1. The molecule has 1 atom stereocenters. The van der Waals surface area contributed by atoms with Crippen molar-refractivity contribution in [2.45, 2.75) is 52.1 Å². The molecule has 0 aliphatic carbocycles. The van der Waals surface area contributed by atoms with Crippen LogP contribution in [0.5, 0.6) is 0 Å². The molecule has 0 radical (unpaired) electrons. The zero-order valence-electron chi connectivity index (χ0n) is 12.0. The summed E-state index contributed by atoms with van der Waals surface area (Å²) in [5.74, 6) is 0. The molecule has 0 bridgehead atoms. The maximum Gasteiger partial charge on any atom is 0.315 e. The van der Waals surface area contributed by atoms with E-state index in [0.717, 1.165) is 17.7 Å². The lowest BCUT2D eigenvalue weighted by molar-refractivity contribution is 0.201. The second-order valence-corrected chi connectivity index (χ2v) is 6.17. The van der Waals surface area contributed by atoms with Crippen LogP contribution in [0, 0.1) is 0 Å². The van der Waals surface area contributed by atoms with Gasteiger partial charge in [0.15, 0.2) is 0 Å². The summed E-state index contributed by atoms with van der Waals surface area (Å²) < 4.78 is 0. The smallest absolute Gasteiger partial charge is 0.315 e. The van der Waals surface area contributed by atoms with Crippen molar-refractivity contribution < 1.29 is 9.90 Å². The number of aryl methyl sites for hydroxylation is 1. The summed E-state index contributed by atoms with van der Waals surface area (Å²) in [7, 11) is 0. The first-order valence-electron chi connectivity index (χ1n) is 6.77. The van der Waals surface area contributed by atoms with Gasteiger partial charge in [-0.1, -0.05) is 13.8 Å². The first-order chi connectivity index (χ1) is 9.03. The molecule has 1 rings (SSSR count). The topological polar surface area (TPSA) is 61.4 Å². The van der Waals surface area contributed by atoms with Crippen molar-refractivity contribution in [3.05, 3.63) is 21.9 Å². The standard InChI is InChI=1S/C14H24N2O2S/c1-4-11-6-7-12(19-11)10-15-13(18)16-14(3,5-2)8-9-17/h6-7,17H,4-5,8-10H2,1-3H3,(H2,15,16,18). The highest BCUT2D eigenvalue weighted by molar-refractivity contribution is 7.11. The van der Waals surface area contributed by atoms with Crippen molar-refractivity contribution in [1.29, 1.82) is 0 Å². The van der Waals surface area contributed by atoms with Gasteiger partial charge in [-0.05, 0) is 38.3 Å². The summed E-state index contributed by atoms with van der Waals surface area (Å²) in [6.45, 7) is 6.70. The molecule has 1 aromatic heterocycles. The summed E-state index contributed by atoms with van der Waals surface area (Å²) >= 11 is 1.73. The highest BCUT2D eigenvalue weighted by Crippen LogP contribution is 2.17. The molecular weight excluding hydrogens is 260 g/mol. The summed E-state index contributed by atoms with van der Waals surface area (Å²) in [4.78, 5) is 14.3. The van der Waals surface area contributed by atoms with Gasteiger partial charge in [-0.25, -0.2) is 4.79 Å². The van der Waals surface area contributed by atoms with E-state index in [4.69, 9.17) is 5.11 Å². The minimum atomic E-state index is -0.344. The largest absolute Gasteiger partial charge is 0.396 e. The van der Waals surface area contributed by atoms with E-state index >= 15 is 0 Å². The molecule has 1 heterocycles. The predicted molar refractivity (Wildman–Crippen MR) is 79.5 cm³/mol. The molecule has 1 aromatic rings. The highest BCUT2D eigenvalue weighted by Gasteiger charge is 2.23. The molecule has 3 N–H and O–H groups in total. The molecule has 1 unspecified atom stereocenters. The fraction of sp³-hybridized carbons (Fsp3) is 0.643. The van der Waals surface area contributed by atoms with Crippen LogP contribution >= 0.6 is 11.3 Å². The van der Waals surface area contributed by atoms with Crippen LogP contribution < -0.4 is 10.6 Å². The van der Waals surface area contributed by atoms with Crippen LogP contribution in [0.1, 0.15) is 43.4 Å². The molecular formula is C14H24N2O2S. The van der Waals surface area contributed by atoms with Gasteiger partial charge in [0.25, 0.3) is 0 Å². The Labute approximate surface area is 119 Å². The fourth-order valence-electron chi connectivity index (χ4n) is 1.77. The molecule has 0 spiro atoms. The number of aliphatic hydroxyl groups is 1. The monoisotopic (exact) mass is 284 g/mol. The molecule has 0 saturated carbocycles. The Morgan fingerprint density at radius 1 is 1.37 bits per heavy atom. The van der Waals surface area contributed by atoms with Crippen LogP contribution in [-0.4, -0.2) is 23.3 Å². The van der Waals surface area contributed by atoms with Crippen LogP contribution in [0.3, 0.4) is 0 Å². The van der Waals surface area contributed by atoms with Gasteiger partial charge in [-0.15, -0.1) is 11.3 Å². The van der Waals surface area contributed by atoms with Gasteiger partial charge in [0.1, 0.15) is 0 Å². The zero-order chi connectivity index (χ0) is 14.3. The van der Waals surface area contributed by atoms with E-state index in [-0.39, 0.29) is 18.2 Å². The second-order valence-electron chi connectivity index (χ2n) is 4.92. The van der Waals surface area contributed by atoms with Crippen molar-refractivity contribution in [3.8, 4) is 0 Å². The lowest BCUT2D eigenvalue weighted by Gasteiger charge is -2.28. The van der Waals surface area contributed by atoms with Crippen molar-refractivity contribution in [2.24, 2.45) is 0 Å². The third kappa shape index (κ3) is 5.20. The number of aliphatic hydroxyl groups excluding tert-OH is 1. The summed E-state index contributed by atoms with van der Waals surface area (Å²) in [5, 5.41) is 14.8. The van der Waals surface area contributed by atoms with Crippen LogP contribution in [-0.2, 0) is 13.0 Å². The molecule has 0 fully saturated rings. The molecule has 4 nitrogen and oxygen atoms in total. The van der Waals surface area contributed by atoms with E-state index in [1.165, 1.54) is 4.88 Å². The van der Waals surface area contributed by atoms with Gasteiger partial charge in [0.2, 0.25) is 0 Å². The minimum absolute atomic E-state index is 0.0788. The highest BCUT2D eigenvalue weighted by atomic mass is 32.1. The first-order valence-corrected chi connectivity index (χ1v) is 7.59. The van der Waals surface area contributed by atoms with Crippen molar-refractivity contribution >= 4 is 17.4 Å². The molecule has 2 amide bonds. The second kappa shape index (κ2) is 7.50. The Balaban J connectivity index is 2.42. The van der Waals surface area contributed by atoms with E-state index in [9.17, 15) is 4.79 Å². The first kappa shape index (κ1) is 16.0. The van der Waals surface area contributed by atoms with E-state index in [0.29, 0.717) is 13.0 Å². The molecule has 0 aromatic carbocycles. The lowest BCUT2D eigenvalue weighted by Crippen LogP contribution is -2.50. The van der Waals surface area contributed by atoms with Crippen LogP contribution in [0.15, 0.2) is 12.1 Å². The van der Waals surface area contributed by atoms with Gasteiger partial charge in [0, 0.05) is 21.9 Å². The summed E-state index contributed by atoms with van der Waals surface area (Å²) in [6, 6.07) is 3.97. The third-order valence-electron chi connectivity index (χ3n) is 3.35. The Morgan fingerprint density at radius 2 is 2.05 bits per heavy atom. The van der Waals surface area contributed by atoms with Crippen LogP contribution in [0.2, 0.25) is 0 Å². The Kier molecular flexibility index (Phi) is 6.31. The lowest BCUT2D eigenvalue weighted by atomic mass is 9.95. The number of hydrogen-bond donors (Lipinski definition) is 3. The average molecular weight is 284 g/mol. The molecule has 0 saturated heterocycles. The maximum atomic E-state index is 11.8. The predicted octanol–water partition coefficient (Wildman–Crippen LogP) is 2.66. The molecule has 0 aliphatic heterocycles. The summed E-state index contributed by atoms with van der Waals surface area (Å²) in [5.41, 5.74) is -0.344. The Hall–Kier alpha value is -1.07. The zero-order valence-corrected chi connectivity index (χ0v) is 12.8. The van der Waals surface area contributed by atoms with E-state index in [1.807, 2.05) is 13.8 Å². The molecule has 19 heavy (non-hydrogen) atoms.